The molecular weight excluding hydrogens is 184 g/mol. The first kappa shape index (κ1) is 8.52. The molecule has 1 heterocycles. The standard InChI is InChI=1S/C10H9ClN2/c11-9-2-1-5-13-10(9)8(6-12)7-3-4-7/h1-2,5,7-8H,3-4H2. The second kappa shape index (κ2) is 3.35. The average molecular weight is 193 g/mol. The van der Waals surface area contributed by atoms with E-state index in [9.17, 15) is 0 Å². The molecule has 13 heavy (non-hydrogen) atoms. The lowest BCUT2D eigenvalue weighted by Crippen LogP contribution is -2.01. The van der Waals surface area contributed by atoms with Gasteiger partial charge in [0.05, 0.1) is 22.7 Å². The van der Waals surface area contributed by atoms with Gasteiger partial charge in [0, 0.05) is 6.20 Å². The molecule has 0 N–H and O–H groups in total. The Labute approximate surface area is 82.2 Å². The normalized spacial score (nSPS) is 17.8. The Bertz CT molecular complexity index is 352. The summed E-state index contributed by atoms with van der Waals surface area (Å²) in [6.45, 7) is 0. The van der Waals surface area contributed by atoms with Crippen LogP contribution in [0.2, 0.25) is 5.02 Å². The fraction of sp³-hybridized carbons (Fsp3) is 0.400. The molecule has 1 aliphatic rings. The van der Waals surface area contributed by atoms with Crippen molar-refractivity contribution in [3.63, 3.8) is 0 Å². The van der Waals surface area contributed by atoms with Gasteiger partial charge in [-0.2, -0.15) is 5.26 Å². The van der Waals surface area contributed by atoms with E-state index >= 15 is 0 Å². The largest absolute Gasteiger partial charge is 0.258 e. The minimum Gasteiger partial charge on any atom is -0.258 e. The Morgan fingerprint density at radius 2 is 2.38 bits per heavy atom. The highest BCUT2D eigenvalue weighted by atomic mass is 35.5. The first-order chi connectivity index (χ1) is 6.33. The maximum atomic E-state index is 8.97. The van der Waals surface area contributed by atoms with E-state index in [0.29, 0.717) is 10.9 Å². The summed E-state index contributed by atoms with van der Waals surface area (Å²) in [6, 6.07) is 5.85. The van der Waals surface area contributed by atoms with Gasteiger partial charge in [-0.05, 0) is 30.9 Å². The molecule has 0 saturated heterocycles. The predicted octanol–water partition coefficient (Wildman–Crippen LogP) is 2.75. The van der Waals surface area contributed by atoms with Gasteiger partial charge in [-0.25, -0.2) is 0 Å². The first-order valence-corrected chi connectivity index (χ1v) is 4.70. The highest BCUT2D eigenvalue weighted by molar-refractivity contribution is 6.31. The van der Waals surface area contributed by atoms with Gasteiger partial charge in [-0.3, -0.25) is 4.98 Å². The first-order valence-electron chi connectivity index (χ1n) is 4.33. The van der Waals surface area contributed by atoms with Crippen molar-refractivity contribution in [3.05, 3.63) is 29.0 Å². The van der Waals surface area contributed by atoms with Gasteiger partial charge >= 0.3 is 0 Å². The van der Waals surface area contributed by atoms with Crippen molar-refractivity contribution < 1.29 is 0 Å². The highest BCUT2D eigenvalue weighted by Gasteiger charge is 2.34. The SMILES string of the molecule is N#CC(c1ncccc1Cl)C1CC1. The summed E-state index contributed by atoms with van der Waals surface area (Å²) < 4.78 is 0. The molecule has 3 heteroatoms. The second-order valence-electron chi connectivity index (χ2n) is 3.31. The van der Waals surface area contributed by atoms with E-state index in [0.717, 1.165) is 18.5 Å². The molecule has 0 aliphatic heterocycles. The number of rotatable bonds is 2. The molecule has 1 aromatic rings. The van der Waals surface area contributed by atoms with Crippen LogP contribution in [0.1, 0.15) is 24.5 Å². The summed E-state index contributed by atoms with van der Waals surface area (Å²) in [5.74, 6) is 0.381. The molecule has 1 aromatic heterocycles. The molecule has 2 nitrogen and oxygen atoms in total. The smallest absolute Gasteiger partial charge is 0.0927 e. The van der Waals surface area contributed by atoms with Crippen LogP contribution in [0.3, 0.4) is 0 Å². The van der Waals surface area contributed by atoms with Gasteiger partial charge in [0.15, 0.2) is 0 Å². The molecule has 0 spiro atoms. The van der Waals surface area contributed by atoms with Crippen molar-refractivity contribution in [2.24, 2.45) is 5.92 Å². The molecule has 1 unspecified atom stereocenters. The summed E-state index contributed by atoms with van der Waals surface area (Å²) in [7, 11) is 0. The molecule has 2 rings (SSSR count). The third-order valence-electron chi connectivity index (χ3n) is 2.31. The summed E-state index contributed by atoms with van der Waals surface area (Å²) in [4.78, 5) is 4.16. The van der Waals surface area contributed by atoms with Crippen LogP contribution in [0.15, 0.2) is 18.3 Å². The van der Waals surface area contributed by atoms with E-state index in [-0.39, 0.29) is 5.92 Å². The lowest BCUT2D eigenvalue weighted by molar-refractivity contribution is 0.717. The van der Waals surface area contributed by atoms with Crippen molar-refractivity contribution in [3.8, 4) is 6.07 Å². The molecule has 1 aliphatic carbocycles. The lowest BCUT2D eigenvalue weighted by atomic mass is 10.0. The third-order valence-corrected chi connectivity index (χ3v) is 2.63. The number of hydrogen-bond donors (Lipinski definition) is 0. The number of pyridine rings is 1. The van der Waals surface area contributed by atoms with Crippen LogP contribution >= 0.6 is 11.6 Å². The van der Waals surface area contributed by atoms with Gasteiger partial charge in [0.25, 0.3) is 0 Å². The minimum atomic E-state index is -0.103. The van der Waals surface area contributed by atoms with E-state index in [1.807, 2.05) is 0 Å². The quantitative estimate of drug-likeness (QED) is 0.723. The minimum absolute atomic E-state index is 0.103. The van der Waals surface area contributed by atoms with E-state index in [1.165, 1.54) is 0 Å². The molecule has 1 saturated carbocycles. The number of aromatic nitrogens is 1. The highest BCUT2D eigenvalue weighted by Crippen LogP contribution is 2.43. The Hall–Kier alpha value is -1.07. The number of hydrogen-bond acceptors (Lipinski definition) is 2. The fourth-order valence-electron chi connectivity index (χ4n) is 1.45. The zero-order chi connectivity index (χ0) is 9.26. The number of nitriles is 1. The van der Waals surface area contributed by atoms with Crippen LogP contribution in [0.5, 0.6) is 0 Å². The predicted molar refractivity (Wildman–Crippen MR) is 50.3 cm³/mol. The molecule has 0 aromatic carbocycles. The van der Waals surface area contributed by atoms with Crippen LogP contribution in [0.4, 0.5) is 0 Å². The van der Waals surface area contributed by atoms with Crippen LogP contribution in [-0.4, -0.2) is 4.98 Å². The molecule has 0 bridgehead atoms. The lowest BCUT2D eigenvalue weighted by Gasteiger charge is -2.07. The van der Waals surface area contributed by atoms with Crippen molar-refractivity contribution >= 4 is 11.6 Å². The molecule has 0 radical (unpaired) electrons. The Kier molecular flexibility index (Phi) is 2.20. The molecule has 66 valence electrons. The van der Waals surface area contributed by atoms with Gasteiger partial charge in [-0.15, -0.1) is 0 Å². The van der Waals surface area contributed by atoms with Crippen molar-refractivity contribution in [2.45, 2.75) is 18.8 Å². The summed E-state index contributed by atoms with van der Waals surface area (Å²) in [5.41, 5.74) is 0.745. The maximum Gasteiger partial charge on any atom is 0.0927 e. The topological polar surface area (TPSA) is 36.7 Å². The zero-order valence-electron chi connectivity index (χ0n) is 7.07. The van der Waals surface area contributed by atoms with E-state index in [1.54, 1.807) is 18.3 Å². The van der Waals surface area contributed by atoms with Crippen LogP contribution in [0.25, 0.3) is 0 Å². The molecular formula is C10H9ClN2. The zero-order valence-corrected chi connectivity index (χ0v) is 7.83. The number of nitrogens with zero attached hydrogens (tertiary/aromatic N) is 2. The van der Waals surface area contributed by atoms with Gasteiger partial charge in [0.2, 0.25) is 0 Å². The van der Waals surface area contributed by atoms with Crippen molar-refractivity contribution in [2.75, 3.05) is 0 Å². The molecule has 1 fully saturated rings. The van der Waals surface area contributed by atoms with Gasteiger partial charge in [-0.1, -0.05) is 11.6 Å². The van der Waals surface area contributed by atoms with E-state index < -0.39 is 0 Å². The summed E-state index contributed by atoms with van der Waals surface area (Å²) >= 11 is 5.96. The fourth-order valence-corrected chi connectivity index (χ4v) is 1.69. The van der Waals surface area contributed by atoms with E-state index in [2.05, 4.69) is 11.1 Å². The maximum absolute atomic E-state index is 8.97. The van der Waals surface area contributed by atoms with Crippen molar-refractivity contribution in [1.29, 1.82) is 5.26 Å². The van der Waals surface area contributed by atoms with Crippen LogP contribution in [0, 0.1) is 17.2 Å². The van der Waals surface area contributed by atoms with Crippen LogP contribution < -0.4 is 0 Å². The van der Waals surface area contributed by atoms with Gasteiger partial charge < -0.3 is 0 Å². The van der Waals surface area contributed by atoms with Crippen LogP contribution in [-0.2, 0) is 0 Å². The summed E-state index contributed by atoms with van der Waals surface area (Å²) in [5, 5.41) is 9.58. The summed E-state index contributed by atoms with van der Waals surface area (Å²) in [6.07, 6.45) is 3.95. The Morgan fingerprint density at radius 1 is 1.62 bits per heavy atom. The Balaban J connectivity index is 2.33. The van der Waals surface area contributed by atoms with E-state index in [4.69, 9.17) is 16.9 Å². The Morgan fingerprint density at radius 3 is 2.92 bits per heavy atom. The average Bonchev–Trinajstić information content (AvgIpc) is 2.93. The third kappa shape index (κ3) is 1.66. The second-order valence-corrected chi connectivity index (χ2v) is 3.72. The van der Waals surface area contributed by atoms with Gasteiger partial charge in [0.1, 0.15) is 0 Å². The van der Waals surface area contributed by atoms with Crippen molar-refractivity contribution in [1.82, 2.24) is 4.98 Å². The molecule has 1 atom stereocenters. The molecule has 0 amide bonds. The number of halogens is 1. The monoisotopic (exact) mass is 192 g/mol.